The van der Waals surface area contributed by atoms with Gasteiger partial charge in [0.25, 0.3) is 0 Å². The topological polar surface area (TPSA) is 69.6 Å². The van der Waals surface area contributed by atoms with Crippen molar-refractivity contribution in [1.82, 2.24) is 5.32 Å². The number of aliphatic hydroxyl groups excluding tert-OH is 1. The monoisotopic (exact) mass is 251 g/mol. The molecule has 0 aliphatic rings. The highest BCUT2D eigenvalue weighted by molar-refractivity contribution is 5.87. The Morgan fingerprint density at radius 1 is 1.39 bits per heavy atom. The molecule has 100 valence electrons. The summed E-state index contributed by atoms with van der Waals surface area (Å²) in [6.45, 7) is 4.88. The number of rotatable bonds is 7. The van der Waals surface area contributed by atoms with Crippen LogP contribution in [0.3, 0.4) is 0 Å². The summed E-state index contributed by atoms with van der Waals surface area (Å²) in [7, 11) is 0. The van der Waals surface area contributed by atoms with Crippen LogP contribution in [-0.4, -0.2) is 28.8 Å². The third-order valence-electron chi connectivity index (χ3n) is 2.75. The smallest absolute Gasteiger partial charge is 0.335 e. The molecule has 0 bridgehead atoms. The van der Waals surface area contributed by atoms with Crippen LogP contribution in [0.1, 0.15) is 36.2 Å². The van der Waals surface area contributed by atoms with Gasteiger partial charge < -0.3 is 15.5 Å². The summed E-state index contributed by atoms with van der Waals surface area (Å²) in [6, 6.07) is 6.89. The lowest BCUT2D eigenvalue weighted by atomic mass is 10.0. The van der Waals surface area contributed by atoms with Gasteiger partial charge in [0.1, 0.15) is 0 Å². The first kappa shape index (κ1) is 14.7. The molecule has 0 radical (unpaired) electrons. The number of hydrogen-bond donors (Lipinski definition) is 3. The van der Waals surface area contributed by atoms with Crippen molar-refractivity contribution in [1.29, 1.82) is 0 Å². The minimum atomic E-state index is -0.919. The summed E-state index contributed by atoms with van der Waals surface area (Å²) in [5.41, 5.74) is 1.20. The first-order valence-electron chi connectivity index (χ1n) is 6.19. The van der Waals surface area contributed by atoms with Crippen LogP contribution in [-0.2, 0) is 6.54 Å². The highest BCUT2D eigenvalue weighted by Gasteiger charge is 2.09. The van der Waals surface area contributed by atoms with E-state index in [9.17, 15) is 9.90 Å². The molecule has 1 aromatic carbocycles. The van der Waals surface area contributed by atoms with E-state index in [-0.39, 0.29) is 12.6 Å². The minimum absolute atomic E-state index is 0.0542. The van der Waals surface area contributed by atoms with Gasteiger partial charge in [-0.2, -0.15) is 0 Å². The second-order valence-electron chi connectivity index (χ2n) is 4.90. The molecule has 0 fully saturated rings. The Labute approximate surface area is 108 Å². The molecule has 0 spiro atoms. The Hall–Kier alpha value is -1.39. The number of carbonyl (C=O) groups is 1. The van der Waals surface area contributed by atoms with E-state index < -0.39 is 5.97 Å². The van der Waals surface area contributed by atoms with E-state index in [1.54, 1.807) is 18.2 Å². The average Bonchev–Trinajstić information content (AvgIpc) is 2.34. The van der Waals surface area contributed by atoms with Gasteiger partial charge in [-0.1, -0.05) is 26.0 Å². The third kappa shape index (κ3) is 4.85. The van der Waals surface area contributed by atoms with Crippen LogP contribution >= 0.6 is 0 Å². The molecule has 0 heterocycles. The highest BCUT2D eigenvalue weighted by Crippen LogP contribution is 2.08. The molecule has 0 aliphatic heterocycles. The molecule has 1 atom stereocenters. The summed E-state index contributed by atoms with van der Waals surface area (Å²) < 4.78 is 0. The van der Waals surface area contributed by atoms with Gasteiger partial charge in [0, 0.05) is 12.6 Å². The second-order valence-corrected chi connectivity index (χ2v) is 4.90. The summed E-state index contributed by atoms with van der Waals surface area (Å²) in [5.74, 6) is -0.405. The van der Waals surface area contributed by atoms with Crippen molar-refractivity contribution in [2.45, 2.75) is 32.9 Å². The summed E-state index contributed by atoms with van der Waals surface area (Å²) in [4.78, 5) is 10.8. The molecule has 3 N–H and O–H groups in total. The van der Waals surface area contributed by atoms with Crippen molar-refractivity contribution < 1.29 is 15.0 Å². The van der Waals surface area contributed by atoms with E-state index in [1.165, 1.54) is 0 Å². The molecule has 0 aromatic heterocycles. The van der Waals surface area contributed by atoms with Crippen LogP contribution in [0.4, 0.5) is 0 Å². The number of benzene rings is 1. The van der Waals surface area contributed by atoms with Gasteiger partial charge in [0.15, 0.2) is 0 Å². The van der Waals surface area contributed by atoms with Gasteiger partial charge in [0.2, 0.25) is 0 Å². The summed E-state index contributed by atoms with van der Waals surface area (Å²) in [6.07, 6.45) is 0.898. The number of aliphatic hydroxyl groups is 1. The fourth-order valence-corrected chi connectivity index (χ4v) is 1.87. The van der Waals surface area contributed by atoms with Gasteiger partial charge in [0.05, 0.1) is 12.2 Å². The predicted octanol–water partition coefficient (Wildman–Crippen LogP) is 1.88. The highest BCUT2D eigenvalue weighted by atomic mass is 16.4. The molecule has 0 aliphatic carbocycles. The summed E-state index contributed by atoms with van der Waals surface area (Å²) in [5, 5.41) is 21.4. The van der Waals surface area contributed by atoms with E-state index in [0.29, 0.717) is 18.0 Å². The van der Waals surface area contributed by atoms with E-state index >= 15 is 0 Å². The lowest BCUT2D eigenvalue weighted by molar-refractivity contribution is 0.0696. The quantitative estimate of drug-likeness (QED) is 0.692. The number of carboxylic acids is 1. The van der Waals surface area contributed by atoms with Crippen molar-refractivity contribution in [3.63, 3.8) is 0 Å². The van der Waals surface area contributed by atoms with Crippen molar-refractivity contribution >= 4 is 5.97 Å². The van der Waals surface area contributed by atoms with Crippen LogP contribution in [0.5, 0.6) is 0 Å². The molecule has 4 nitrogen and oxygen atoms in total. The SMILES string of the molecule is CC(C)CC(CO)NCc1cccc(C(=O)O)c1. The predicted molar refractivity (Wildman–Crippen MR) is 70.6 cm³/mol. The zero-order valence-electron chi connectivity index (χ0n) is 10.9. The van der Waals surface area contributed by atoms with Crippen LogP contribution in [0.15, 0.2) is 24.3 Å². The van der Waals surface area contributed by atoms with Gasteiger partial charge in [-0.15, -0.1) is 0 Å². The first-order valence-corrected chi connectivity index (χ1v) is 6.19. The van der Waals surface area contributed by atoms with Crippen molar-refractivity contribution in [2.75, 3.05) is 6.61 Å². The minimum Gasteiger partial charge on any atom is -0.478 e. The zero-order valence-corrected chi connectivity index (χ0v) is 10.9. The largest absolute Gasteiger partial charge is 0.478 e. The number of hydrogen-bond acceptors (Lipinski definition) is 3. The van der Waals surface area contributed by atoms with Crippen LogP contribution in [0, 0.1) is 5.92 Å². The molecule has 4 heteroatoms. The molecule has 1 unspecified atom stereocenters. The molecule has 1 rings (SSSR count). The van der Waals surface area contributed by atoms with Gasteiger partial charge in [-0.25, -0.2) is 4.79 Å². The maximum absolute atomic E-state index is 10.8. The van der Waals surface area contributed by atoms with E-state index in [4.69, 9.17) is 5.11 Å². The van der Waals surface area contributed by atoms with E-state index in [0.717, 1.165) is 12.0 Å². The van der Waals surface area contributed by atoms with Crippen molar-refractivity contribution in [2.24, 2.45) is 5.92 Å². The maximum atomic E-state index is 10.8. The van der Waals surface area contributed by atoms with Gasteiger partial charge in [-0.3, -0.25) is 0 Å². The number of aromatic carboxylic acids is 1. The molecular formula is C14H21NO3. The molecule has 0 saturated heterocycles. The van der Waals surface area contributed by atoms with E-state index in [1.807, 2.05) is 6.07 Å². The lowest BCUT2D eigenvalue weighted by Gasteiger charge is -2.18. The fourth-order valence-electron chi connectivity index (χ4n) is 1.87. The number of carboxylic acid groups (broad SMARTS) is 1. The Bertz CT molecular complexity index is 390. The van der Waals surface area contributed by atoms with Crippen molar-refractivity contribution in [3.05, 3.63) is 35.4 Å². The Morgan fingerprint density at radius 2 is 2.11 bits per heavy atom. The Kier molecular flexibility index (Phi) is 5.82. The molecule has 1 aromatic rings. The lowest BCUT2D eigenvalue weighted by Crippen LogP contribution is -2.33. The molecule has 18 heavy (non-hydrogen) atoms. The Morgan fingerprint density at radius 3 is 2.67 bits per heavy atom. The standard InChI is InChI=1S/C14H21NO3/c1-10(2)6-13(9-16)15-8-11-4-3-5-12(7-11)14(17)18/h3-5,7,10,13,15-16H,6,8-9H2,1-2H3,(H,17,18). The van der Waals surface area contributed by atoms with Gasteiger partial charge >= 0.3 is 5.97 Å². The van der Waals surface area contributed by atoms with Crippen LogP contribution in [0.25, 0.3) is 0 Å². The summed E-state index contributed by atoms with van der Waals surface area (Å²) >= 11 is 0. The van der Waals surface area contributed by atoms with Gasteiger partial charge in [-0.05, 0) is 30.0 Å². The second kappa shape index (κ2) is 7.13. The van der Waals surface area contributed by atoms with E-state index in [2.05, 4.69) is 19.2 Å². The molecule has 0 amide bonds. The normalized spacial score (nSPS) is 12.7. The van der Waals surface area contributed by atoms with Crippen LogP contribution in [0.2, 0.25) is 0 Å². The van der Waals surface area contributed by atoms with Crippen LogP contribution < -0.4 is 5.32 Å². The number of nitrogens with one attached hydrogen (secondary N) is 1. The fraction of sp³-hybridized carbons (Fsp3) is 0.500. The Balaban J connectivity index is 2.56. The molecular weight excluding hydrogens is 230 g/mol. The third-order valence-corrected chi connectivity index (χ3v) is 2.75. The zero-order chi connectivity index (χ0) is 13.5. The maximum Gasteiger partial charge on any atom is 0.335 e. The average molecular weight is 251 g/mol. The first-order chi connectivity index (χ1) is 8.52. The van der Waals surface area contributed by atoms with Crippen molar-refractivity contribution in [3.8, 4) is 0 Å². The molecule has 0 saturated carbocycles.